The molecular formula is C15H23FN2O2. The molecule has 112 valence electrons. The fraction of sp³-hybridized carbons (Fsp3) is 0.667. The van der Waals surface area contributed by atoms with Crippen molar-refractivity contribution in [1.29, 1.82) is 0 Å². The molecule has 0 aliphatic carbocycles. The van der Waals surface area contributed by atoms with Gasteiger partial charge < -0.3 is 14.7 Å². The van der Waals surface area contributed by atoms with Crippen LogP contribution in [0, 0.1) is 11.7 Å². The molecule has 20 heavy (non-hydrogen) atoms. The normalized spacial score (nSPS) is 22.1. The molecule has 0 spiro atoms. The first kappa shape index (κ1) is 15.4. The summed E-state index contributed by atoms with van der Waals surface area (Å²) in [5.74, 6) is -0.358. The summed E-state index contributed by atoms with van der Waals surface area (Å²) in [4.78, 5) is 6.12. The second-order valence-corrected chi connectivity index (χ2v) is 5.68. The zero-order valence-corrected chi connectivity index (χ0v) is 12.1. The van der Waals surface area contributed by atoms with Gasteiger partial charge in [-0.05, 0) is 32.0 Å². The monoisotopic (exact) mass is 282 g/mol. The quantitative estimate of drug-likeness (QED) is 0.867. The molecule has 1 N–H and O–H groups in total. The zero-order chi connectivity index (χ0) is 14.5. The van der Waals surface area contributed by atoms with Gasteiger partial charge in [0, 0.05) is 25.6 Å². The molecule has 2 rings (SSSR count). The van der Waals surface area contributed by atoms with Gasteiger partial charge in [0.2, 0.25) is 0 Å². The number of rotatable bonds is 6. The smallest absolute Gasteiger partial charge is 0.141 e. The van der Waals surface area contributed by atoms with Crippen LogP contribution in [0.3, 0.4) is 0 Å². The molecule has 1 aromatic heterocycles. The van der Waals surface area contributed by atoms with Crippen molar-refractivity contribution < 1.29 is 14.2 Å². The SMILES string of the molecule is CC(CN(C)CC1CCCO1)C(O)c1ccc(F)cn1. The number of pyridine rings is 1. The minimum absolute atomic E-state index is 0.0272. The van der Waals surface area contributed by atoms with Crippen molar-refractivity contribution in [3.63, 3.8) is 0 Å². The molecule has 1 aromatic rings. The Hall–Kier alpha value is -1.04. The molecule has 0 saturated carbocycles. The lowest BCUT2D eigenvalue weighted by atomic mass is 10.0. The first-order valence-corrected chi connectivity index (χ1v) is 7.16. The molecule has 5 heteroatoms. The third kappa shape index (κ3) is 4.23. The van der Waals surface area contributed by atoms with Crippen LogP contribution in [0.5, 0.6) is 0 Å². The minimum atomic E-state index is -0.678. The molecule has 1 aliphatic heterocycles. The van der Waals surface area contributed by atoms with Crippen molar-refractivity contribution in [1.82, 2.24) is 9.88 Å². The minimum Gasteiger partial charge on any atom is -0.386 e. The number of ether oxygens (including phenoxy) is 1. The summed E-state index contributed by atoms with van der Waals surface area (Å²) in [7, 11) is 2.03. The van der Waals surface area contributed by atoms with Gasteiger partial charge >= 0.3 is 0 Å². The molecule has 2 heterocycles. The number of likely N-dealkylation sites (N-methyl/N-ethyl adjacent to an activating group) is 1. The molecule has 4 nitrogen and oxygen atoms in total. The summed E-state index contributed by atoms with van der Waals surface area (Å²) in [6.07, 6.45) is 3.02. The standard InChI is InChI=1S/C15H23FN2O2/c1-11(9-18(2)10-13-4-3-7-20-13)15(19)14-6-5-12(16)8-17-14/h5-6,8,11,13,15,19H,3-4,7,9-10H2,1-2H3. The van der Waals surface area contributed by atoms with Crippen LogP contribution < -0.4 is 0 Å². The fourth-order valence-corrected chi connectivity index (χ4v) is 2.66. The lowest BCUT2D eigenvalue weighted by Crippen LogP contribution is -2.34. The molecule has 0 bridgehead atoms. The molecule has 3 unspecified atom stereocenters. The zero-order valence-electron chi connectivity index (χ0n) is 12.1. The molecular weight excluding hydrogens is 259 g/mol. The van der Waals surface area contributed by atoms with E-state index in [9.17, 15) is 9.50 Å². The van der Waals surface area contributed by atoms with Crippen LogP contribution in [0.15, 0.2) is 18.3 Å². The third-order valence-corrected chi connectivity index (χ3v) is 3.73. The van der Waals surface area contributed by atoms with Crippen LogP contribution in [-0.4, -0.2) is 47.8 Å². The van der Waals surface area contributed by atoms with E-state index in [0.717, 1.165) is 38.7 Å². The van der Waals surface area contributed by atoms with Gasteiger partial charge in [-0.2, -0.15) is 0 Å². The van der Waals surface area contributed by atoms with Gasteiger partial charge in [-0.25, -0.2) is 4.39 Å². The summed E-state index contributed by atoms with van der Waals surface area (Å²) in [5, 5.41) is 10.2. The number of aromatic nitrogens is 1. The largest absolute Gasteiger partial charge is 0.386 e. The van der Waals surface area contributed by atoms with E-state index in [1.807, 2.05) is 14.0 Å². The first-order chi connectivity index (χ1) is 9.56. The summed E-state index contributed by atoms with van der Waals surface area (Å²) in [5.41, 5.74) is 0.518. The topological polar surface area (TPSA) is 45.6 Å². The second kappa shape index (κ2) is 7.11. The van der Waals surface area contributed by atoms with E-state index in [1.54, 1.807) is 0 Å². The highest BCUT2D eigenvalue weighted by molar-refractivity contribution is 5.08. The molecule has 3 atom stereocenters. The van der Waals surface area contributed by atoms with E-state index in [-0.39, 0.29) is 11.7 Å². The summed E-state index contributed by atoms with van der Waals surface area (Å²) >= 11 is 0. The van der Waals surface area contributed by atoms with Crippen molar-refractivity contribution in [2.45, 2.75) is 32.0 Å². The molecule has 0 amide bonds. The van der Waals surface area contributed by atoms with Gasteiger partial charge in [0.1, 0.15) is 5.82 Å². The average molecular weight is 282 g/mol. The highest BCUT2D eigenvalue weighted by Crippen LogP contribution is 2.21. The maximum absolute atomic E-state index is 12.8. The second-order valence-electron chi connectivity index (χ2n) is 5.68. The summed E-state index contributed by atoms with van der Waals surface area (Å²) in [6.45, 7) is 4.46. The molecule has 1 aliphatic rings. The number of aliphatic hydroxyl groups is 1. The van der Waals surface area contributed by atoms with Gasteiger partial charge in [-0.3, -0.25) is 4.98 Å². The Morgan fingerprint density at radius 3 is 2.95 bits per heavy atom. The fourth-order valence-electron chi connectivity index (χ4n) is 2.66. The Bertz CT molecular complexity index is 407. The Morgan fingerprint density at radius 2 is 2.35 bits per heavy atom. The first-order valence-electron chi connectivity index (χ1n) is 7.16. The van der Waals surface area contributed by atoms with Crippen molar-refractivity contribution in [3.05, 3.63) is 29.8 Å². The highest BCUT2D eigenvalue weighted by atomic mass is 19.1. The highest BCUT2D eigenvalue weighted by Gasteiger charge is 2.22. The number of hydrogen-bond acceptors (Lipinski definition) is 4. The van der Waals surface area contributed by atoms with Gasteiger partial charge in [0.05, 0.1) is 24.1 Å². The summed E-state index contributed by atoms with van der Waals surface area (Å²) in [6, 6.07) is 2.87. The molecule has 0 aromatic carbocycles. The maximum Gasteiger partial charge on any atom is 0.141 e. The Morgan fingerprint density at radius 1 is 1.55 bits per heavy atom. The Labute approximate surface area is 119 Å². The Balaban J connectivity index is 1.83. The van der Waals surface area contributed by atoms with Crippen LogP contribution in [0.2, 0.25) is 0 Å². The lowest BCUT2D eigenvalue weighted by Gasteiger charge is -2.26. The van der Waals surface area contributed by atoms with Crippen LogP contribution in [0.1, 0.15) is 31.6 Å². The Kier molecular flexibility index (Phi) is 5.46. The predicted octanol–water partition coefficient (Wildman–Crippen LogP) is 2.00. The average Bonchev–Trinajstić information content (AvgIpc) is 2.91. The van der Waals surface area contributed by atoms with E-state index < -0.39 is 6.10 Å². The van der Waals surface area contributed by atoms with E-state index >= 15 is 0 Å². The maximum atomic E-state index is 12.8. The molecule has 1 fully saturated rings. The predicted molar refractivity (Wildman–Crippen MR) is 74.8 cm³/mol. The number of aliphatic hydroxyl groups excluding tert-OH is 1. The van der Waals surface area contributed by atoms with Crippen LogP contribution in [0.4, 0.5) is 4.39 Å². The van der Waals surface area contributed by atoms with Crippen LogP contribution >= 0.6 is 0 Å². The van der Waals surface area contributed by atoms with Gasteiger partial charge in [0.15, 0.2) is 0 Å². The van der Waals surface area contributed by atoms with Crippen molar-refractivity contribution in [2.75, 3.05) is 26.7 Å². The van der Waals surface area contributed by atoms with E-state index in [4.69, 9.17) is 4.74 Å². The molecule has 1 saturated heterocycles. The van der Waals surface area contributed by atoms with Crippen molar-refractivity contribution in [3.8, 4) is 0 Å². The van der Waals surface area contributed by atoms with E-state index in [0.29, 0.717) is 11.8 Å². The van der Waals surface area contributed by atoms with Crippen LogP contribution in [0.25, 0.3) is 0 Å². The molecule has 0 radical (unpaired) electrons. The third-order valence-electron chi connectivity index (χ3n) is 3.73. The van der Waals surface area contributed by atoms with Crippen molar-refractivity contribution in [2.24, 2.45) is 5.92 Å². The number of halogens is 1. The lowest BCUT2D eigenvalue weighted by molar-refractivity contribution is 0.0556. The van der Waals surface area contributed by atoms with E-state index in [2.05, 4.69) is 9.88 Å². The van der Waals surface area contributed by atoms with Gasteiger partial charge in [-0.1, -0.05) is 6.92 Å². The van der Waals surface area contributed by atoms with Gasteiger partial charge in [-0.15, -0.1) is 0 Å². The summed E-state index contributed by atoms with van der Waals surface area (Å²) < 4.78 is 18.4. The van der Waals surface area contributed by atoms with Crippen LogP contribution in [-0.2, 0) is 4.74 Å². The van der Waals surface area contributed by atoms with Gasteiger partial charge in [0.25, 0.3) is 0 Å². The number of nitrogens with zero attached hydrogens (tertiary/aromatic N) is 2. The van der Waals surface area contributed by atoms with Crippen molar-refractivity contribution >= 4 is 0 Å². The van der Waals surface area contributed by atoms with E-state index in [1.165, 1.54) is 12.1 Å². The number of hydrogen-bond donors (Lipinski definition) is 1.